The van der Waals surface area contributed by atoms with Crippen molar-refractivity contribution in [3.8, 4) is 0 Å². The third kappa shape index (κ3) is 4.33. The number of sulfone groups is 1. The monoisotopic (exact) mass is 300 g/mol. The largest absolute Gasteiger partial charge is 0.463 e. The van der Waals surface area contributed by atoms with Gasteiger partial charge in [-0.05, 0) is 32.0 Å². The van der Waals surface area contributed by atoms with Crippen LogP contribution < -0.4 is 5.32 Å². The van der Waals surface area contributed by atoms with Crippen LogP contribution in [-0.4, -0.2) is 44.0 Å². The smallest absolute Gasteiger partial charge is 0.153 e. The van der Waals surface area contributed by atoms with Crippen molar-refractivity contribution in [2.45, 2.75) is 39.4 Å². The summed E-state index contributed by atoms with van der Waals surface area (Å²) in [6, 6.07) is 4.03. The van der Waals surface area contributed by atoms with Gasteiger partial charge in [-0.1, -0.05) is 6.92 Å². The molecule has 1 saturated heterocycles. The van der Waals surface area contributed by atoms with Crippen molar-refractivity contribution in [3.63, 3.8) is 0 Å². The van der Waals surface area contributed by atoms with E-state index in [4.69, 9.17) is 4.42 Å². The second-order valence-electron chi connectivity index (χ2n) is 5.48. The van der Waals surface area contributed by atoms with E-state index in [0.29, 0.717) is 13.1 Å². The summed E-state index contributed by atoms with van der Waals surface area (Å²) in [5, 5.41) is 3.30. The van der Waals surface area contributed by atoms with Gasteiger partial charge in [-0.2, -0.15) is 0 Å². The van der Waals surface area contributed by atoms with Crippen LogP contribution in [0.15, 0.2) is 16.5 Å². The predicted octanol–water partition coefficient (Wildman–Crippen LogP) is 1.40. The molecule has 1 atom stereocenters. The van der Waals surface area contributed by atoms with Gasteiger partial charge < -0.3 is 9.73 Å². The molecule has 0 aromatic carbocycles. The van der Waals surface area contributed by atoms with Crippen LogP contribution >= 0.6 is 0 Å². The third-order valence-electron chi connectivity index (χ3n) is 3.61. The molecule has 6 heteroatoms. The van der Waals surface area contributed by atoms with Gasteiger partial charge in [0.2, 0.25) is 0 Å². The van der Waals surface area contributed by atoms with E-state index in [0.717, 1.165) is 31.0 Å². The molecule has 2 heterocycles. The number of hydrogen-bond donors (Lipinski definition) is 1. The Kier molecular flexibility index (Phi) is 5.23. The van der Waals surface area contributed by atoms with Gasteiger partial charge in [0, 0.05) is 12.6 Å². The number of rotatable bonds is 6. The Morgan fingerprint density at radius 3 is 2.85 bits per heavy atom. The average molecular weight is 300 g/mol. The van der Waals surface area contributed by atoms with Crippen molar-refractivity contribution in [1.82, 2.24) is 10.2 Å². The number of hydrogen-bond acceptors (Lipinski definition) is 5. The molecule has 5 nitrogen and oxygen atoms in total. The lowest BCUT2D eigenvalue weighted by Gasteiger charge is -2.32. The van der Waals surface area contributed by atoms with Crippen molar-refractivity contribution >= 4 is 9.84 Å². The van der Waals surface area contributed by atoms with Crippen molar-refractivity contribution in [3.05, 3.63) is 23.7 Å². The molecule has 0 bridgehead atoms. The molecular weight excluding hydrogens is 276 g/mol. The van der Waals surface area contributed by atoms with Gasteiger partial charge in [0.15, 0.2) is 9.84 Å². The van der Waals surface area contributed by atoms with Crippen LogP contribution in [0.5, 0.6) is 0 Å². The number of nitrogens with one attached hydrogen (secondary N) is 1. The second-order valence-corrected chi connectivity index (χ2v) is 7.71. The summed E-state index contributed by atoms with van der Waals surface area (Å²) in [5.41, 5.74) is 0. The summed E-state index contributed by atoms with van der Waals surface area (Å²) in [7, 11) is -2.85. The van der Waals surface area contributed by atoms with Gasteiger partial charge in [0.1, 0.15) is 11.5 Å². The fraction of sp³-hybridized carbons (Fsp3) is 0.714. The first-order valence-electron chi connectivity index (χ1n) is 7.23. The zero-order valence-electron chi connectivity index (χ0n) is 12.3. The summed E-state index contributed by atoms with van der Waals surface area (Å²) in [6.07, 6.45) is 1.10. The van der Waals surface area contributed by atoms with Gasteiger partial charge in [0.05, 0.1) is 24.6 Å². The van der Waals surface area contributed by atoms with Crippen LogP contribution in [-0.2, 0) is 22.9 Å². The molecule has 0 aliphatic carbocycles. The lowest BCUT2D eigenvalue weighted by Crippen LogP contribution is -2.46. The van der Waals surface area contributed by atoms with Crippen LogP contribution in [0.1, 0.15) is 31.8 Å². The Balaban J connectivity index is 1.87. The van der Waals surface area contributed by atoms with Crippen molar-refractivity contribution in [2.24, 2.45) is 0 Å². The molecule has 0 saturated carbocycles. The summed E-state index contributed by atoms with van der Waals surface area (Å²) in [6.45, 7) is 7.10. The standard InChI is InChI=1S/C14H24N2O3S/c1-3-6-15-9-13-4-5-14(19-13)10-16-7-8-20(17,18)11-12(16)2/h4-5,12,15H,3,6-11H2,1-2H3. The summed E-state index contributed by atoms with van der Waals surface area (Å²) in [5.74, 6) is 2.34. The fourth-order valence-electron chi connectivity index (χ4n) is 2.46. The molecule has 1 N–H and O–H groups in total. The Morgan fingerprint density at radius 2 is 2.15 bits per heavy atom. The molecule has 1 unspecified atom stereocenters. The Bertz CT molecular complexity index is 524. The summed E-state index contributed by atoms with van der Waals surface area (Å²) in [4.78, 5) is 2.17. The minimum atomic E-state index is -2.85. The second kappa shape index (κ2) is 6.74. The molecule has 2 rings (SSSR count). The first-order chi connectivity index (χ1) is 9.50. The van der Waals surface area contributed by atoms with Gasteiger partial charge in [-0.15, -0.1) is 0 Å². The van der Waals surface area contributed by atoms with Crippen LogP contribution in [0, 0.1) is 0 Å². The molecule has 1 fully saturated rings. The van der Waals surface area contributed by atoms with Crippen molar-refractivity contribution in [2.75, 3.05) is 24.6 Å². The molecular formula is C14H24N2O3S. The molecule has 1 aliphatic rings. The van der Waals surface area contributed by atoms with Crippen LogP contribution in [0.4, 0.5) is 0 Å². The van der Waals surface area contributed by atoms with E-state index in [1.165, 1.54) is 0 Å². The molecule has 1 aromatic rings. The van der Waals surface area contributed by atoms with Crippen LogP contribution in [0.3, 0.4) is 0 Å². The van der Waals surface area contributed by atoms with E-state index in [1.54, 1.807) is 0 Å². The normalized spacial score (nSPS) is 23.0. The molecule has 114 valence electrons. The van der Waals surface area contributed by atoms with E-state index in [1.807, 2.05) is 19.1 Å². The number of nitrogens with zero attached hydrogens (tertiary/aromatic N) is 1. The maximum absolute atomic E-state index is 11.6. The molecule has 20 heavy (non-hydrogen) atoms. The first-order valence-corrected chi connectivity index (χ1v) is 9.05. The summed E-state index contributed by atoms with van der Waals surface area (Å²) < 4.78 is 28.9. The maximum Gasteiger partial charge on any atom is 0.153 e. The van der Waals surface area contributed by atoms with Gasteiger partial charge in [-0.25, -0.2) is 8.42 Å². The Labute approximate surface area is 121 Å². The quantitative estimate of drug-likeness (QED) is 0.805. The van der Waals surface area contributed by atoms with E-state index in [2.05, 4.69) is 17.1 Å². The number of furan rings is 1. The van der Waals surface area contributed by atoms with Gasteiger partial charge >= 0.3 is 0 Å². The predicted molar refractivity (Wildman–Crippen MR) is 79.2 cm³/mol. The Morgan fingerprint density at radius 1 is 1.40 bits per heavy atom. The average Bonchev–Trinajstić information content (AvgIpc) is 2.80. The third-order valence-corrected chi connectivity index (χ3v) is 5.41. The zero-order valence-corrected chi connectivity index (χ0v) is 13.1. The van der Waals surface area contributed by atoms with Gasteiger partial charge in [0.25, 0.3) is 0 Å². The van der Waals surface area contributed by atoms with E-state index in [-0.39, 0.29) is 17.5 Å². The molecule has 1 aromatic heterocycles. The highest BCUT2D eigenvalue weighted by atomic mass is 32.2. The SMILES string of the molecule is CCCNCc1ccc(CN2CCS(=O)(=O)CC2C)o1. The highest BCUT2D eigenvalue weighted by Crippen LogP contribution is 2.17. The highest BCUT2D eigenvalue weighted by molar-refractivity contribution is 7.91. The fourth-order valence-corrected chi connectivity index (χ4v) is 4.08. The Hall–Kier alpha value is -0.850. The highest BCUT2D eigenvalue weighted by Gasteiger charge is 2.28. The maximum atomic E-state index is 11.6. The molecule has 1 aliphatic heterocycles. The van der Waals surface area contributed by atoms with E-state index < -0.39 is 9.84 Å². The lowest BCUT2D eigenvalue weighted by molar-refractivity contribution is 0.199. The first kappa shape index (κ1) is 15.5. The molecule has 0 amide bonds. The van der Waals surface area contributed by atoms with E-state index >= 15 is 0 Å². The van der Waals surface area contributed by atoms with E-state index in [9.17, 15) is 8.42 Å². The van der Waals surface area contributed by atoms with Crippen LogP contribution in [0.2, 0.25) is 0 Å². The van der Waals surface area contributed by atoms with Crippen LogP contribution in [0.25, 0.3) is 0 Å². The minimum absolute atomic E-state index is 0.0560. The van der Waals surface area contributed by atoms with Crippen molar-refractivity contribution in [1.29, 1.82) is 0 Å². The van der Waals surface area contributed by atoms with Gasteiger partial charge in [-0.3, -0.25) is 4.90 Å². The minimum Gasteiger partial charge on any atom is -0.463 e. The zero-order chi connectivity index (χ0) is 14.6. The molecule has 0 spiro atoms. The lowest BCUT2D eigenvalue weighted by atomic mass is 10.3. The van der Waals surface area contributed by atoms with Crippen molar-refractivity contribution < 1.29 is 12.8 Å². The summed E-state index contributed by atoms with van der Waals surface area (Å²) >= 11 is 0. The molecule has 0 radical (unpaired) electrons. The topological polar surface area (TPSA) is 62.6 Å².